The monoisotopic (exact) mass is 517 g/mol. The van der Waals surface area contributed by atoms with E-state index in [2.05, 4.69) is 10.3 Å². The summed E-state index contributed by atoms with van der Waals surface area (Å²) in [6.07, 6.45) is 0. The molecule has 9 nitrogen and oxygen atoms in total. The number of pyridine rings is 1. The Morgan fingerprint density at radius 3 is 2.42 bits per heavy atom. The minimum Gasteiger partial charge on any atom is -0.494 e. The van der Waals surface area contributed by atoms with Gasteiger partial charge in [-0.2, -0.15) is 0 Å². The van der Waals surface area contributed by atoms with Crippen LogP contribution in [0.25, 0.3) is 11.3 Å². The molecule has 190 valence electrons. The molecule has 1 heterocycles. The van der Waals surface area contributed by atoms with Crippen LogP contribution >= 0.6 is 11.6 Å². The smallest absolute Gasteiger partial charge is 0.255 e. The second-order valence-electron chi connectivity index (χ2n) is 7.95. The molecule has 2 amide bonds. The zero-order chi connectivity index (χ0) is 26.5. The van der Waals surface area contributed by atoms with E-state index in [-0.39, 0.29) is 40.9 Å². The van der Waals surface area contributed by atoms with E-state index in [1.165, 1.54) is 57.5 Å². The highest BCUT2D eigenvalue weighted by molar-refractivity contribution is 6.31. The number of amides is 2. The number of carbonyl (C=O) groups is 2. The van der Waals surface area contributed by atoms with Crippen molar-refractivity contribution in [2.45, 2.75) is 12.5 Å². The van der Waals surface area contributed by atoms with Crippen LogP contribution in [0.3, 0.4) is 0 Å². The fourth-order valence-corrected chi connectivity index (χ4v) is 3.46. The van der Waals surface area contributed by atoms with E-state index in [0.29, 0.717) is 17.0 Å². The molecule has 1 atom stereocenters. The van der Waals surface area contributed by atoms with Gasteiger partial charge in [-0.05, 0) is 55.5 Å². The quantitative estimate of drug-likeness (QED) is 0.376. The molecule has 0 saturated carbocycles. The van der Waals surface area contributed by atoms with Gasteiger partial charge in [0.1, 0.15) is 22.9 Å². The van der Waals surface area contributed by atoms with E-state index in [1.807, 2.05) is 0 Å². The minimum absolute atomic E-state index is 0.0812. The van der Waals surface area contributed by atoms with Gasteiger partial charge in [0.2, 0.25) is 0 Å². The Bertz CT molecular complexity index is 1280. The van der Waals surface area contributed by atoms with Gasteiger partial charge >= 0.3 is 0 Å². The van der Waals surface area contributed by atoms with Crippen molar-refractivity contribution in [3.05, 3.63) is 70.6 Å². The van der Waals surface area contributed by atoms with Crippen molar-refractivity contribution >= 4 is 23.4 Å². The number of nitrogens with two attached hydrogens (primary N) is 1. The van der Waals surface area contributed by atoms with Crippen LogP contribution in [0.1, 0.15) is 23.0 Å². The van der Waals surface area contributed by atoms with Crippen molar-refractivity contribution in [2.75, 3.05) is 27.4 Å². The van der Waals surface area contributed by atoms with Gasteiger partial charge in [-0.15, -0.1) is 0 Å². The molecule has 0 saturated heterocycles. The average molecular weight is 518 g/mol. The number of nitrogens with one attached hydrogen (secondary N) is 1. The number of aliphatic hydroxyl groups is 1. The summed E-state index contributed by atoms with van der Waals surface area (Å²) in [5, 5.41) is 13.7. The number of nitrogens with zero attached hydrogens (tertiary/aromatic N) is 1. The summed E-state index contributed by atoms with van der Waals surface area (Å²) in [5.74, 6) is -0.847. The first kappa shape index (κ1) is 26.7. The SMILES string of the molecule is COc1cc(C(=O)NCC(C)(O)c2ccc(OC)c(-c3ccc(F)c(Cl)c3)n2)ccc1OCC(N)=O. The number of hydrogen-bond acceptors (Lipinski definition) is 7. The maximum atomic E-state index is 13.6. The molecule has 0 aliphatic heterocycles. The van der Waals surface area contributed by atoms with Crippen LogP contribution in [0.4, 0.5) is 4.39 Å². The zero-order valence-corrected chi connectivity index (χ0v) is 20.6. The van der Waals surface area contributed by atoms with Gasteiger partial charge in [0, 0.05) is 11.1 Å². The molecule has 11 heteroatoms. The normalized spacial score (nSPS) is 12.4. The highest BCUT2D eigenvalue weighted by atomic mass is 35.5. The molecule has 2 aromatic carbocycles. The van der Waals surface area contributed by atoms with Gasteiger partial charge < -0.3 is 30.4 Å². The standard InChI is InChI=1S/C25H25ClFN3O6/c1-25(33,13-29-24(32)15-5-7-18(20(11-15)35-3)36-12-22(28)31)21-9-8-19(34-2)23(30-21)14-4-6-17(27)16(26)10-14/h4-11,33H,12-13H2,1-3H3,(H2,28,31)(H,29,32). The highest BCUT2D eigenvalue weighted by Gasteiger charge is 2.27. The molecule has 4 N–H and O–H groups in total. The number of rotatable bonds is 10. The molecule has 3 aromatic rings. The van der Waals surface area contributed by atoms with Crippen LogP contribution < -0.4 is 25.3 Å². The second-order valence-corrected chi connectivity index (χ2v) is 8.36. The Morgan fingerprint density at radius 2 is 1.78 bits per heavy atom. The predicted molar refractivity (Wildman–Crippen MR) is 131 cm³/mol. The first-order chi connectivity index (χ1) is 17.1. The summed E-state index contributed by atoms with van der Waals surface area (Å²) in [4.78, 5) is 28.2. The van der Waals surface area contributed by atoms with E-state index >= 15 is 0 Å². The maximum Gasteiger partial charge on any atom is 0.255 e. The summed E-state index contributed by atoms with van der Waals surface area (Å²) in [5.41, 5.74) is 4.82. The molecular formula is C25H25ClFN3O6. The Labute approximate surface area is 212 Å². The van der Waals surface area contributed by atoms with E-state index in [0.717, 1.165) is 0 Å². The summed E-state index contributed by atoms with van der Waals surface area (Å²) in [7, 11) is 2.85. The molecule has 0 aliphatic carbocycles. The number of ether oxygens (including phenoxy) is 3. The number of carbonyl (C=O) groups excluding carboxylic acids is 2. The fraction of sp³-hybridized carbons (Fsp3) is 0.240. The lowest BCUT2D eigenvalue weighted by atomic mass is 9.99. The van der Waals surface area contributed by atoms with Crippen molar-refractivity contribution < 1.29 is 33.3 Å². The summed E-state index contributed by atoms with van der Waals surface area (Å²) in [6, 6.07) is 11.7. The number of halogens is 2. The van der Waals surface area contributed by atoms with Gasteiger partial charge in [-0.3, -0.25) is 9.59 Å². The van der Waals surface area contributed by atoms with Crippen molar-refractivity contribution in [1.82, 2.24) is 10.3 Å². The summed E-state index contributed by atoms with van der Waals surface area (Å²) in [6.45, 7) is 0.966. The molecule has 1 aromatic heterocycles. The Kier molecular flexibility index (Phi) is 8.33. The van der Waals surface area contributed by atoms with Crippen LogP contribution in [0.2, 0.25) is 5.02 Å². The van der Waals surface area contributed by atoms with E-state index < -0.39 is 23.2 Å². The molecule has 0 spiro atoms. The number of hydrogen-bond donors (Lipinski definition) is 3. The van der Waals surface area contributed by atoms with Gasteiger partial charge in [-0.25, -0.2) is 9.37 Å². The van der Waals surface area contributed by atoms with E-state index in [1.54, 1.807) is 12.1 Å². The Hall–Kier alpha value is -3.89. The lowest BCUT2D eigenvalue weighted by molar-refractivity contribution is -0.119. The third-order valence-electron chi connectivity index (χ3n) is 5.21. The fourth-order valence-electron chi connectivity index (χ4n) is 3.28. The van der Waals surface area contributed by atoms with Crippen LogP contribution in [-0.4, -0.2) is 49.3 Å². The number of primary amides is 1. The van der Waals surface area contributed by atoms with Crippen molar-refractivity contribution in [3.8, 4) is 28.5 Å². The molecule has 0 radical (unpaired) electrons. The topological polar surface area (TPSA) is 133 Å². The van der Waals surface area contributed by atoms with Gasteiger partial charge in [-0.1, -0.05) is 11.6 Å². The van der Waals surface area contributed by atoms with E-state index in [9.17, 15) is 19.1 Å². The van der Waals surface area contributed by atoms with Crippen molar-refractivity contribution in [3.63, 3.8) is 0 Å². The summed E-state index contributed by atoms with van der Waals surface area (Å²) >= 11 is 5.92. The first-order valence-electron chi connectivity index (χ1n) is 10.7. The lowest BCUT2D eigenvalue weighted by Gasteiger charge is -2.24. The van der Waals surface area contributed by atoms with Gasteiger partial charge in [0.25, 0.3) is 11.8 Å². The molecule has 0 fully saturated rings. The molecule has 36 heavy (non-hydrogen) atoms. The average Bonchev–Trinajstić information content (AvgIpc) is 2.87. The lowest BCUT2D eigenvalue weighted by Crippen LogP contribution is -2.39. The molecule has 0 aliphatic rings. The first-order valence-corrected chi connectivity index (χ1v) is 11.0. The van der Waals surface area contributed by atoms with Gasteiger partial charge in [0.15, 0.2) is 18.1 Å². The number of methoxy groups -OCH3 is 2. The molecule has 0 bridgehead atoms. The maximum absolute atomic E-state index is 13.6. The van der Waals surface area contributed by atoms with Crippen LogP contribution in [0.5, 0.6) is 17.2 Å². The van der Waals surface area contributed by atoms with Crippen LogP contribution in [0.15, 0.2) is 48.5 Å². The summed E-state index contributed by atoms with van der Waals surface area (Å²) < 4.78 is 29.5. The van der Waals surface area contributed by atoms with Crippen molar-refractivity contribution in [2.24, 2.45) is 5.73 Å². The third kappa shape index (κ3) is 6.21. The van der Waals surface area contributed by atoms with Crippen molar-refractivity contribution in [1.29, 1.82) is 0 Å². The number of aromatic nitrogens is 1. The van der Waals surface area contributed by atoms with Crippen LogP contribution in [-0.2, 0) is 10.4 Å². The van der Waals surface area contributed by atoms with E-state index in [4.69, 9.17) is 31.5 Å². The number of benzene rings is 2. The molecular weight excluding hydrogens is 493 g/mol. The Balaban J connectivity index is 1.79. The van der Waals surface area contributed by atoms with Crippen LogP contribution in [0, 0.1) is 5.82 Å². The zero-order valence-electron chi connectivity index (χ0n) is 19.8. The molecule has 3 rings (SSSR count). The highest BCUT2D eigenvalue weighted by Crippen LogP contribution is 2.33. The minimum atomic E-state index is -1.57. The Morgan fingerprint density at radius 1 is 1.08 bits per heavy atom. The largest absolute Gasteiger partial charge is 0.494 e. The molecule has 1 unspecified atom stereocenters. The van der Waals surface area contributed by atoms with Gasteiger partial charge in [0.05, 0.1) is 31.5 Å². The second kappa shape index (κ2) is 11.2. The third-order valence-corrected chi connectivity index (χ3v) is 5.50. The predicted octanol–water partition coefficient (Wildman–Crippen LogP) is 3.06.